The van der Waals surface area contributed by atoms with E-state index in [1.54, 1.807) is 0 Å². The van der Waals surface area contributed by atoms with Crippen molar-refractivity contribution < 1.29 is 9.53 Å². The highest BCUT2D eigenvalue weighted by Crippen LogP contribution is 2.28. The number of para-hydroxylation sites is 1. The van der Waals surface area contributed by atoms with Gasteiger partial charge in [-0.2, -0.15) is 0 Å². The molecule has 1 unspecified atom stereocenters. The van der Waals surface area contributed by atoms with Crippen LogP contribution in [0.15, 0.2) is 97.2 Å². The van der Waals surface area contributed by atoms with Gasteiger partial charge in [0.15, 0.2) is 0 Å². The Balaban J connectivity index is 1.10. The molecule has 43 heavy (non-hydrogen) atoms. The van der Waals surface area contributed by atoms with E-state index in [0.29, 0.717) is 26.0 Å². The number of hydrogen-bond donors (Lipinski definition) is 1. The first-order valence-corrected chi connectivity index (χ1v) is 15.7. The van der Waals surface area contributed by atoms with Gasteiger partial charge in [0.2, 0.25) is 5.91 Å². The maximum atomic E-state index is 12.5. The summed E-state index contributed by atoms with van der Waals surface area (Å²) in [7, 11) is 4.10. The van der Waals surface area contributed by atoms with Gasteiger partial charge in [-0.1, -0.05) is 84.9 Å². The molecule has 0 radical (unpaired) electrons. The molecule has 5 aromatic rings. The predicted octanol–water partition coefficient (Wildman–Crippen LogP) is 7.21. The van der Waals surface area contributed by atoms with Crippen LogP contribution >= 0.6 is 22.6 Å². The van der Waals surface area contributed by atoms with Crippen LogP contribution in [0.2, 0.25) is 0 Å². The van der Waals surface area contributed by atoms with Crippen LogP contribution in [-0.4, -0.2) is 54.6 Å². The first kappa shape index (κ1) is 30.8. The third kappa shape index (κ3) is 8.46. The lowest BCUT2D eigenvalue weighted by Crippen LogP contribution is -2.24. The Bertz CT molecular complexity index is 1690. The van der Waals surface area contributed by atoms with Crippen LogP contribution in [0.1, 0.15) is 41.2 Å². The summed E-state index contributed by atoms with van der Waals surface area (Å²) in [5, 5.41) is 5.25. The number of fused-ring (bicyclic) bond motifs is 3. The Hall–Kier alpha value is -3.66. The van der Waals surface area contributed by atoms with Crippen molar-refractivity contribution in [2.75, 3.05) is 33.8 Å². The van der Waals surface area contributed by atoms with Gasteiger partial charge in [-0.25, -0.2) is 4.98 Å². The van der Waals surface area contributed by atoms with Crippen LogP contribution in [0, 0.1) is 3.70 Å². The van der Waals surface area contributed by atoms with Crippen molar-refractivity contribution in [2.24, 2.45) is 0 Å². The highest BCUT2D eigenvalue weighted by molar-refractivity contribution is 14.1. The van der Waals surface area contributed by atoms with E-state index >= 15 is 0 Å². The number of ether oxygens (including phenoxy) is 1. The summed E-state index contributed by atoms with van der Waals surface area (Å²) in [4.78, 5) is 24.0. The molecule has 1 atom stereocenters. The number of aromatic nitrogens is 2. The number of rotatable bonds is 13. The molecule has 0 fully saturated rings. The molecule has 0 spiro atoms. The van der Waals surface area contributed by atoms with E-state index in [0.717, 1.165) is 60.7 Å². The van der Waals surface area contributed by atoms with Crippen molar-refractivity contribution in [1.29, 1.82) is 0 Å². The number of halogens is 1. The molecular formula is C36H37IN4O2. The number of carbonyl (C=O) groups is 1. The van der Waals surface area contributed by atoms with Gasteiger partial charge in [0.25, 0.3) is 0 Å². The topological polar surface area (TPSA) is 67.3 Å². The van der Waals surface area contributed by atoms with E-state index in [1.165, 1.54) is 0 Å². The van der Waals surface area contributed by atoms with Gasteiger partial charge in [-0.05, 0) is 83.9 Å². The minimum atomic E-state index is -0.114. The monoisotopic (exact) mass is 684 g/mol. The molecule has 0 saturated carbocycles. The molecule has 0 bridgehead atoms. The quantitative estimate of drug-likeness (QED) is 0.0615. The molecule has 3 aromatic carbocycles. The third-order valence-electron chi connectivity index (χ3n) is 7.31. The Morgan fingerprint density at radius 1 is 0.977 bits per heavy atom. The van der Waals surface area contributed by atoms with Crippen LogP contribution in [0.4, 0.5) is 0 Å². The maximum Gasteiger partial charge on any atom is 0.220 e. The van der Waals surface area contributed by atoms with Crippen molar-refractivity contribution in [3.8, 4) is 0 Å². The maximum absolute atomic E-state index is 12.5. The van der Waals surface area contributed by atoms with Crippen LogP contribution in [-0.2, 0) is 16.0 Å². The van der Waals surface area contributed by atoms with Crippen LogP contribution in [0.5, 0.6) is 0 Å². The van der Waals surface area contributed by atoms with E-state index in [-0.39, 0.29) is 12.0 Å². The summed E-state index contributed by atoms with van der Waals surface area (Å²) < 4.78 is 7.18. The van der Waals surface area contributed by atoms with E-state index in [4.69, 9.17) is 4.74 Å². The number of pyridine rings is 2. The fourth-order valence-electron chi connectivity index (χ4n) is 4.98. The molecule has 220 valence electrons. The minimum Gasteiger partial charge on any atom is -0.367 e. The Morgan fingerprint density at radius 3 is 2.51 bits per heavy atom. The number of benzene rings is 3. The molecule has 2 heterocycles. The van der Waals surface area contributed by atoms with E-state index in [9.17, 15) is 4.79 Å². The van der Waals surface area contributed by atoms with Crippen molar-refractivity contribution in [3.05, 3.63) is 123 Å². The van der Waals surface area contributed by atoms with Crippen LogP contribution in [0.3, 0.4) is 0 Å². The molecule has 0 saturated heterocycles. The fraction of sp³-hybridized carbons (Fsp3) is 0.250. The van der Waals surface area contributed by atoms with Crippen LogP contribution in [0.25, 0.3) is 27.9 Å². The number of aryl methyl sites for hydroxylation is 1. The van der Waals surface area contributed by atoms with E-state index in [1.807, 2.05) is 56.7 Å². The average molecular weight is 685 g/mol. The zero-order valence-corrected chi connectivity index (χ0v) is 26.8. The normalized spacial score (nSPS) is 12.4. The SMILES string of the molecule is CN(C)CCOC(c1ccccc1)c1ccc(CCC(=O)NCC/C=C/c2cnc3c(I)nc4ccccc4c3c2)cc1. The van der Waals surface area contributed by atoms with Crippen molar-refractivity contribution in [2.45, 2.75) is 25.4 Å². The van der Waals surface area contributed by atoms with Crippen molar-refractivity contribution >= 4 is 56.4 Å². The zero-order valence-electron chi connectivity index (χ0n) is 24.7. The second-order valence-electron chi connectivity index (χ2n) is 10.8. The Kier molecular flexibility index (Phi) is 10.9. The van der Waals surface area contributed by atoms with Gasteiger partial charge in [0.1, 0.15) is 15.3 Å². The average Bonchev–Trinajstić information content (AvgIpc) is 3.02. The molecule has 0 aliphatic heterocycles. The third-order valence-corrected chi connectivity index (χ3v) is 8.06. The first-order chi connectivity index (χ1) is 21.0. The van der Waals surface area contributed by atoms with Gasteiger partial charge < -0.3 is 15.0 Å². The standard InChI is InChI=1S/C36H37IN4O2/c1-41(2)22-23-43-35(28-11-4-3-5-12-28)29-18-15-26(16-19-29)17-20-33(42)38-21-9-8-10-27-24-31-30-13-6-7-14-32(30)40-36(37)34(31)39-25-27/h3-8,10-16,18-19,24-25,35H,9,17,20-23H2,1-2H3,(H,38,42)/b10-8+. The zero-order chi connectivity index (χ0) is 30.0. The lowest BCUT2D eigenvalue weighted by Gasteiger charge is -2.20. The summed E-state index contributed by atoms with van der Waals surface area (Å²) in [6, 6.07) is 29.1. The molecule has 6 nitrogen and oxygen atoms in total. The molecule has 0 aliphatic carbocycles. The van der Waals surface area contributed by atoms with Gasteiger partial charge in [-0.3, -0.25) is 9.78 Å². The molecule has 1 N–H and O–H groups in total. The van der Waals surface area contributed by atoms with E-state index in [2.05, 4.69) is 103 Å². The second-order valence-corrected chi connectivity index (χ2v) is 11.9. The fourth-order valence-corrected chi connectivity index (χ4v) is 5.67. The minimum absolute atomic E-state index is 0.0626. The van der Waals surface area contributed by atoms with Gasteiger partial charge in [0, 0.05) is 36.5 Å². The lowest BCUT2D eigenvalue weighted by atomic mass is 9.99. The summed E-state index contributed by atoms with van der Waals surface area (Å²) >= 11 is 2.25. The smallest absolute Gasteiger partial charge is 0.220 e. The molecule has 0 aliphatic rings. The van der Waals surface area contributed by atoms with Crippen molar-refractivity contribution in [3.63, 3.8) is 0 Å². The molecular weight excluding hydrogens is 647 g/mol. The highest BCUT2D eigenvalue weighted by Gasteiger charge is 2.15. The summed E-state index contributed by atoms with van der Waals surface area (Å²) in [5.41, 5.74) is 6.32. The summed E-state index contributed by atoms with van der Waals surface area (Å²) in [5.74, 6) is 0.0626. The Labute approximate surface area is 267 Å². The number of likely N-dealkylation sites (N-methyl/N-ethyl adjacent to an activating group) is 1. The molecule has 7 heteroatoms. The van der Waals surface area contributed by atoms with Crippen LogP contribution < -0.4 is 5.32 Å². The number of nitrogens with zero attached hydrogens (tertiary/aromatic N) is 3. The largest absolute Gasteiger partial charge is 0.367 e. The number of amides is 1. The summed E-state index contributed by atoms with van der Waals surface area (Å²) in [6.07, 6.45) is 7.82. The van der Waals surface area contributed by atoms with E-state index < -0.39 is 0 Å². The molecule has 1 amide bonds. The molecule has 5 rings (SSSR count). The number of nitrogens with one attached hydrogen (secondary N) is 1. The van der Waals surface area contributed by atoms with Gasteiger partial charge >= 0.3 is 0 Å². The number of carbonyl (C=O) groups excluding carboxylic acids is 1. The first-order valence-electron chi connectivity index (χ1n) is 14.7. The molecule has 2 aromatic heterocycles. The number of hydrogen-bond acceptors (Lipinski definition) is 5. The van der Waals surface area contributed by atoms with Crippen molar-refractivity contribution in [1.82, 2.24) is 20.2 Å². The lowest BCUT2D eigenvalue weighted by molar-refractivity contribution is -0.121. The highest BCUT2D eigenvalue weighted by atomic mass is 127. The van der Waals surface area contributed by atoms with Gasteiger partial charge in [-0.15, -0.1) is 0 Å². The summed E-state index contributed by atoms with van der Waals surface area (Å²) in [6.45, 7) is 2.11. The van der Waals surface area contributed by atoms with Gasteiger partial charge in [0.05, 0.1) is 12.1 Å². The predicted molar refractivity (Wildman–Crippen MR) is 184 cm³/mol. The second kappa shape index (κ2) is 15.2. The Morgan fingerprint density at radius 2 is 1.72 bits per heavy atom.